The van der Waals surface area contributed by atoms with Crippen molar-refractivity contribution in [1.82, 2.24) is 9.78 Å². The standard InChI is InChI=1S/C26H21Cl2N3OS/c1-26(2)14-18-13-21(11-12-23(18)32-26)29-25(33)31-15-22(16-3-7-19(27)8-4-16)24(30-31)17-5-9-20(28)10-6-17/h3-13,15H,14H2,1-2H3,(H,29,33). The highest BCUT2D eigenvalue weighted by atomic mass is 35.5. The number of thiocarbonyl (C=S) groups is 1. The lowest BCUT2D eigenvalue weighted by molar-refractivity contribution is 0.138. The van der Waals surface area contributed by atoms with Gasteiger partial charge in [-0.25, -0.2) is 4.68 Å². The van der Waals surface area contributed by atoms with Gasteiger partial charge in [0.05, 0.1) is 0 Å². The Hall–Kier alpha value is -2.86. The van der Waals surface area contributed by atoms with Gasteiger partial charge in [-0.2, -0.15) is 5.10 Å². The fraction of sp³-hybridized carbons (Fsp3) is 0.154. The van der Waals surface area contributed by atoms with Crippen molar-refractivity contribution in [3.63, 3.8) is 0 Å². The molecule has 7 heteroatoms. The molecule has 4 nitrogen and oxygen atoms in total. The van der Waals surface area contributed by atoms with Crippen LogP contribution < -0.4 is 10.1 Å². The van der Waals surface area contributed by atoms with Gasteiger partial charge in [0.1, 0.15) is 17.0 Å². The Labute approximate surface area is 208 Å². The summed E-state index contributed by atoms with van der Waals surface area (Å²) in [5.74, 6) is 0.922. The molecule has 0 saturated heterocycles. The van der Waals surface area contributed by atoms with Crippen molar-refractivity contribution in [3.05, 3.63) is 88.5 Å². The van der Waals surface area contributed by atoms with Crippen LogP contribution in [0.15, 0.2) is 72.9 Å². The fourth-order valence-electron chi connectivity index (χ4n) is 4.01. The minimum atomic E-state index is -0.190. The molecule has 1 aliphatic rings. The zero-order valence-electron chi connectivity index (χ0n) is 18.1. The summed E-state index contributed by atoms with van der Waals surface area (Å²) in [5, 5.41) is 9.95. The van der Waals surface area contributed by atoms with Crippen molar-refractivity contribution in [2.75, 3.05) is 5.32 Å². The second kappa shape index (κ2) is 8.49. The molecule has 0 aliphatic carbocycles. The molecule has 0 amide bonds. The largest absolute Gasteiger partial charge is 0.487 e. The molecule has 1 aromatic heterocycles. The van der Waals surface area contributed by atoms with Crippen molar-refractivity contribution < 1.29 is 4.74 Å². The highest BCUT2D eigenvalue weighted by Crippen LogP contribution is 2.36. The van der Waals surface area contributed by atoms with Crippen molar-refractivity contribution in [3.8, 4) is 28.1 Å². The number of hydrogen-bond donors (Lipinski definition) is 1. The molecular formula is C26H21Cl2N3OS. The first-order valence-electron chi connectivity index (χ1n) is 10.5. The summed E-state index contributed by atoms with van der Waals surface area (Å²) in [6.45, 7) is 4.18. The zero-order valence-corrected chi connectivity index (χ0v) is 20.4. The molecule has 2 heterocycles. The van der Waals surface area contributed by atoms with Crippen molar-refractivity contribution in [1.29, 1.82) is 0 Å². The van der Waals surface area contributed by atoms with Crippen LogP contribution in [0.25, 0.3) is 22.4 Å². The van der Waals surface area contributed by atoms with Gasteiger partial charge in [-0.1, -0.05) is 47.5 Å². The van der Waals surface area contributed by atoms with Gasteiger partial charge in [0.2, 0.25) is 0 Å². The summed E-state index contributed by atoms with van der Waals surface area (Å²) in [6.07, 6.45) is 2.79. The third-order valence-corrected chi connectivity index (χ3v) is 6.30. The van der Waals surface area contributed by atoms with Gasteiger partial charge in [-0.15, -0.1) is 0 Å². The Kier molecular flexibility index (Phi) is 5.65. The van der Waals surface area contributed by atoms with Crippen LogP contribution in [0, 0.1) is 0 Å². The molecule has 0 saturated carbocycles. The van der Waals surface area contributed by atoms with E-state index >= 15 is 0 Å². The molecule has 0 unspecified atom stereocenters. The van der Waals surface area contributed by atoms with Crippen LogP contribution in [0.1, 0.15) is 19.4 Å². The molecule has 3 aromatic carbocycles. The summed E-state index contributed by atoms with van der Waals surface area (Å²) in [7, 11) is 0. The molecule has 0 atom stereocenters. The van der Waals surface area contributed by atoms with Crippen LogP contribution in [0.4, 0.5) is 5.69 Å². The average Bonchev–Trinajstić information content (AvgIpc) is 3.34. The molecule has 0 fully saturated rings. The van der Waals surface area contributed by atoms with Gasteiger partial charge in [0.15, 0.2) is 5.11 Å². The zero-order chi connectivity index (χ0) is 23.2. The predicted molar refractivity (Wildman–Crippen MR) is 140 cm³/mol. The van der Waals surface area contributed by atoms with Crippen molar-refractivity contribution in [2.24, 2.45) is 0 Å². The molecular weight excluding hydrogens is 473 g/mol. The second-order valence-electron chi connectivity index (χ2n) is 8.64. The number of benzene rings is 3. The third-order valence-electron chi connectivity index (χ3n) is 5.51. The highest BCUT2D eigenvalue weighted by molar-refractivity contribution is 7.80. The van der Waals surface area contributed by atoms with E-state index in [2.05, 4.69) is 25.2 Å². The van der Waals surface area contributed by atoms with E-state index in [1.54, 1.807) is 4.68 Å². The van der Waals surface area contributed by atoms with Crippen molar-refractivity contribution >= 4 is 46.2 Å². The van der Waals surface area contributed by atoms with E-state index in [-0.39, 0.29) is 5.60 Å². The molecule has 166 valence electrons. The predicted octanol–water partition coefficient (Wildman–Crippen LogP) is 7.48. The fourth-order valence-corrected chi connectivity index (χ4v) is 4.47. The Morgan fingerprint density at radius 3 is 2.27 bits per heavy atom. The lowest BCUT2D eigenvalue weighted by atomic mass is 10.0. The first-order chi connectivity index (χ1) is 15.8. The van der Waals surface area contributed by atoms with E-state index in [1.165, 1.54) is 0 Å². The van der Waals surface area contributed by atoms with E-state index in [9.17, 15) is 0 Å². The summed E-state index contributed by atoms with van der Waals surface area (Å²) >= 11 is 17.9. The molecule has 1 aliphatic heterocycles. The number of hydrogen-bond acceptors (Lipinski definition) is 3. The minimum Gasteiger partial charge on any atom is -0.487 e. The van der Waals surface area contributed by atoms with E-state index in [1.807, 2.05) is 66.9 Å². The summed E-state index contributed by atoms with van der Waals surface area (Å²) in [4.78, 5) is 0. The van der Waals surface area contributed by atoms with Gasteiger partial charge >= 0.3 is 0 Å². The maximum Gasteiger partial charge on any atom is 0.198 e. The smallest absolute Gasteiger partial charge is 0.198 e. The number of fused-ring (bicyclic) bond motifs is 1. The number of ether oxygens (including phenoxy) is 1. The van der Waals surface area contributed by atoms with Gasteiger partial charge < -0.3 is 10.1 Å². The number of anilines is 1. The normalized spacial score (nSPS) is 13.9. The Morgan fingerprint density at radius 1 is 0.970 bits per heavy atom. The van der Waals surface area contributed by atoms with Crippen LogP contribution in [-0.2, 0) is 6.42 Å². The van der Waals surface area contributed by atoms with Gasteiger partial charge in [0.25, 0.3) is 0 Å². The Bertz CT molecular complexity index is 1280. The molecule has 5 rings (SSSR count). The van der Waals surface area contributed by atoms with Gasteiger partial charge in [-0.3, -0.25) is 0 Å². The number of nitrogens with zero attached hydrogens (tertiary/aromatic N) is 2. The summed E-state index contributed by atoms with van der Waals surface area (Å²) < 4.78 is 7.67. The van der Waals surface area contributed by atoms with E-state index in [0.717, 1.165) is 45.8 Å². The van der Waals surface area contributed by atoms with Gasteiger partial charge in [0, 0.05) is 45.0 Å². The first kappa shape index (κ1) is 22.0. The van der Waals surface area contributed by atoms with E-state index in [4.69, 9.17) is 45.3 Å². The molecule has 1 N–H and O–H groups in total. The molecule has 0 spiro atoms. The van der Waals surface area contributed by atoms with Gasteiger partial charge in [-0.05, 0) is 74.1 Å². The first-order valence-corrected chi connectivity index (χ1v) is 11.7. The molecule has 4 aromatic rings. The number of aromatic nitrogens is 2. The molecule has 0 bridgehead atoms. The number of halogens is 2. The topological polar surface area (TPSA) is 39.1 Å². The molecule has 0 radical (unpaired) electrons. The molecule has 33 heavy (non-hydrogen) atoms. The van der Waals surface area contributed by atoms with Crippen LogP contribution in [-0.4, -0.2) is 20.5 Å². The maximum absolute atomic E-state index is 6.10. The lowest BCUT2D eigenvalue weighted by Gasteiger charge is -2.16. The Balaban J connectivity index is 1.48. The second-order valence-corrected chi connectivity index (χ2v) is 9.90. The highest BCUT2D eigenvalue weighted by Gasteiger charge is 2.30. The average molecular weight is 494 g/mol. The van der Waals surface area contributed by atoms with Crippen LogP contribution in [0.3, 0.4) is 0 Å². The number of nitrogens with one attached hydrogen (secondary N) is 1. The monoisotopic (exact) mass is 493 g/mol. The summed E-state index contributed by atoms with van der Waals surface area (Å²) in [5.41, 5.74) is 5.57. The lowest BCUT2D eigenvalue weighted by Crippen LogP contribution is -2.24. The van der Waals surface area contributed by atoms with E-state index < -0.39 is 0 Å². The Morgan fingerprint density at radius 2 is 1.61 bits per heavy atom. The van der Waals surface area contributed by atoms with Crippen LogP contribution >= 0.6 is 35.4 Å². The van der Waals surface area contributed by atoms with Crippen LogP contribution in [0.5, 0.6) is 5.75 Å². The maximum atomic E-state index is 6.10. The minimum absolute atomic E-state index is 0.190. The van der Waals surface area contributed by atoms with Crippen molar-refractivity contribution in [2.45, 2.75) is 25.9 Å². The quantitative estimate of drug-likeness (QED) is 0.300. The van der Waals surface area contributed by atoms with Crippen LogP contribution in [0.2, 0.25) is 10.0 Å². The third kappa shape index (κ3) is 4.62. The SMILES string of the molecule is CC1(C)Cc2cc(NC(=S)n3cc(-c4ccc(Cl)cc4)c(-c4ccc(Cl)cc4)n3)ccc2O1. The summed E-state index contributed by atoms with van der Waals surface area (Å²) in [6, 6.07) is 21.3. The number of rotatable bonds is 3. The van der Waals surface area contributed by atoms with E-state index in [0.29, 0.717) is 15.2 Å².